The summed E-state index contributed by atoms with van der Waals surface area (Å²) in [6.45, 7) is 4.01. The Morgan fingerprint density at radius 2 is 1.88 bits per heavy atom. The van der Waals surface area contributed by atoms with Gasteiger partial charge in [-0.05, 0) is 35.9 Å². The highest BCUT2D eigenvalue weighted by atomic mass is 19.1. The van der Waals surface area contributed by atoms with E-state index in [9.17, 15) is 13.6 Å². The molecule has 32 heavy (non-hydrogen) atoms. The number of benzene rings is 2. The molecule has 0 spiro atoms. The SMILES string of the molecule is O=C1NC[C@H](CN2C=CN(c3ccc(-c4ccc(N5CCNCC5)c(F)c4)c(F)c3)N2)O1. The Bertz CT molecular complexity index is 1040. The van der Waals surface area contributed by atoms with Crippen molar-refractivity contribution in [3.63, 3.8) is 0 Å². The minimum absolute atomic E-state index is 0.266. The largest absolute Gasteiger partial charge is 0.442 e. The van der Waals surface area contributed by atoms with E-state index in [4.69, 9.17) is 4.74 Å². The van der Waals surface area contributed by atoms with Crippen LogP contribution in [0.3, 0.4) is 0 Å². The van der Waals surface area contributed by atoms with Crippen LogP contribution >= 0.6 is 0 Å². The highest BCUT2D eigenvalue weighted by Crippen LogP contribution is 2.31. The number of carbonyl (C=O) groups excluding carboxylic acids is 1. The standard InChI is InChI=1S/C22H24F2N6O2/c23-19-12-16(30-10-9-29(27-30)14-17-13-26-22(31)32-17)2-3-18(19)15-1-4-21(20(24)11-15)28-7-5-25-6-8-28/h1-4,9-12,17,25,27H,5-8,13-14H2,(H,26,31)/t17-/m1/s1. The van der Waals surface area contributed by atoms with Gasteiger partial charge in [0.1, 0.15) is 17.7 Å². The number of hydrogen-bond donors (Lipinski definition) is 3. The summed E-state index contributed by atoms with van der Waals surface area (Å²) in [4.78, 5) is 13.1. The molecule has 0 aliphatic carbocycles. The number of anilines is 2. The summed E-state index contributed by atoms with van der Waals surface area (Å²) in [6.07, 6.45) is 2.84. The molecule has 3 N–H and O–H groups in total. The fourth-order valence-corrected chi connectivity index (χ4v) is 4.08. The number of alkyl carbamates (subject to hydrolysis) is 1. The van der Waals surface area contributed by atoms with Crippen LogP contribution in [0.1, 0.15) is 0 Å². The second kappa shape index (κ2) is 8.64. The van der Waals surface area contributed by atoms with E-state index in [1.165, 1.54) is 12.1 Å². The summed E-state index contributed by atoms with van der Waals surface area (Å²) in [5.41, 5.74) is 5.05. The van der Waals surface area contributed by atoms with Crippen molar-refractivity contribution in [1.29, 1.82) is 0 Å². The molecule has 1 atom stereocenters. The molecule has 2 aromatic carbocycles. The van der Waals surface area contributed by atoms with Gasteiger partial charge in [-0.3, -0.25) is 10.0 Å². The highest BCUT2D eigenvalue weighted by Gasteiger charge is 2.26. The third-order valence-electron chi connectivity index (χ3n) is 5.73. The molecule has 0 aromatic heterocycles. The van der Waals surface area contributed by atoms with Crippen molar-refractivity contribution in [2.24, 2.45) is 0 Å². The average Bonchev–Trinajstić information content (AvgIpc) is 3.43. The quantitative estimate of drug-likeness (QED) is 0.656. The second-order valence-corrected chi connectivity index (χ2v) is 7.90. The average molecular weight is 442 g/mol. The van der Waals surface area contributed by atoms with E-state index in [2.05, 4.69) is 16.2 Å². The van der Waals surface area contributed by atoms with E-state index in [-0.39, 0.29) is 11.9 Å². The van der Waals surface area contributed by atoms with E-state index >= 15 is 0 Å². The molecule has 5 rings (SSSR count). The zero-order valence-corrected chi connectivity index (χ0v) is 17.4. The van der Waals surface area contributed by atoms with Gasteiger partial charge in [0.2, 0.25) is 0 Å². The molecule has 168 valence electrons. The van der Waals surface area contributed by atoms with Gasteiger partial charge in [-0.2, -0.15) is 0 Å². The molecular formula is C22H24F2N6O2. The van der Waals surface area contributed by atoms with Crippen molar-refractivity contribution in [2.45, 2.75) is 6.10 Å². The molecule has 0 radical (unpaired) electrons. The monoisotopic (exact) mass is 442 g/mol. The van der Waals surface area contributed by atoms with Crippen molar-refractivity contribution in [2.75, 3.05) is 49.2 Å². The maximum Gasteiger partial charge on any atom is 0.407 e. The van der Waals surface area contributed by atoms with Crippen LogP contribution in [0.4, 0.5) is 25.0 Å². The summed E-state index contributed by atoms with van der Waals surface area (Å²) in [6, 6.07) is 9.67. The fourth-order valence-electron chi connectivity index (χ4n) is 4.08. The van der Waals surface area contributed by atoms with Gasteiger partial charge in [-0.25, -0.2) is 13.6 Å². The Morgan fingerprint density at radius 1 is 1.03 bits per heavy atom. The van der Waals surface area contributed by atoms with Gasteiger partial charge in [0.05, 0.1) is 24.5 Å². The Kier molecular flexibility index (Phi) is 5.54. The first kappa shape index (κ1) is 20.5. The molecule has 3 aliphatic heterocycles. The number of amides is 1. The lowest BCUT2D eigenvalue weighted by Gasteiger charge is -2.29. The lowest BCUT2D eigenvalue weighted by atomic mass is 10.0. The number of nitrogens with zero attached hydrogens (tertiary/aromatic N) is 3. The second-order valence-electron chi connectivity index (χ2n) is 7.90. The molecule has 10 heteroatoms. The Morgan fingerprint density at radius 3 is 2.59 bits per heavy atom. The molecule has 3 aliphatic rings. The lowest BCUT2D eigenvalue weighted by molar-refractivity contribution is 0.112. The molecular weight excluding hydrogens is 418 g/mol. The molecule has 0 bridgehead atoms. The van der Waals surface area contributed by atoms with Crippen LogP contribution in [0.2, 0.25) is 0 Å². The first-order chi connectivity index (χ1) is 15.6. The van der Waals surface area contributed by atoms with Crippen LogP contribution in [0.5, 0.6) is 0 Å². The summed E-state index contributed by atoms with van der Waals surface area (Å²) in [5.74, 6) is -0.797. The van der Waals surface area contributed by atoms with Gasteiger partial charge in [0.25, 0.3) is 0 Å². The Hall–Kier alpha value is -3.37. The summed E-state index contributed by atoms with van der Waals surface area (Å²) < 4.78 is 34.8. The molecule has 2 fully saturated rings. The smallest absolute Gasteiger partial charge is 0.407 e. The van der Waals surface area contributed by atoms with Crippen molar-refractivity contribution in [1.82, 2.24) is 21.2 Å². The summed E-state index contributed by atoms with van der Waals surface area (Å²) >= 11 is 0. The van der Waals surface area contributed by atoms with E-state index in [0.29, 0.717) is 35.6 Å². The Balaban J connectivity index is 1.27. The predicted molar refractivity (Wildman–Crippen MR) is 117 cm³/mol. The maximum atomic E-state index is 14.9. The van der Waals surface area contributed by atoms with Gasteiger partial charge >= 0.3 is 6.09 Å². The minimum atomic E-state index is -0.445. The van der Waals surface area contributed by atoms with Crippen molar-refractivity contribution in [3.8, 4) is 11.1 Å². The zero-order valence-electron chi connectivity index (χ0n) is 17.4. The third kappa shape index (κ3) is 4.19. The molecule has 1 amide bonds. The van der Waals surface area contributed by atoms with Gasteiger partial charge < -0.3 is 20.3 Å². The summed E-state index contributed by atoms with van der Waals surface area (Å²) in [5, 5.41) is 9.26. The number of carbonyl (C=O) groups is 1. The van der Waals surface area contributed by atoms with Gasteiger partial charge in [0, 0.05) is 44.1 Å². The van der Waals surface area contributed by atoms with Crippen LogP contribution in [-0.2, 0) is 4.74 Å². The van der Waals surface area contributed by atoms with Crippen molar-refractivity contribution in [3.05, 3.63) is 60.4 Å². The summed E-state index contributed by atoms with van der Waals surface area (Å²) in [7, 11) is 0. The number of piperazine rings is 1. The van der Waals surface area contributed by atoms with Crippen LogP contribution in [0.25, 0.3) is 11.1 Å². The molecule has 0 saturated carbocycles. The minimum Gasteiger partial charge on any atom is -0.442 e. The topological polar surface area (TPSA) is 72.1 Å². The number of hydrazine groups is 2. The van der Waals surface area contributed by atoms with Gasteiger partial charge in [-0.1, -0.05) is 6.07 Å². The maximum absolute atomic E-state index is 14.9. The number of cyclic esters (lactones) is 1. The highest BCUT2D eigenvalue weighted by molar-refractivity contribution is 5.70. The number of rotatable bonds is 5. The van der Waals surface area contributed by atoms with E-state index < -0.39 is 11.9 Å². The first-order valence-corrected chi connectivity index (χ1v) is 10.6. The number of nitrogens with one attached hydrogen (secondary N) is 3. The van der Waals surface area contributed by atoms with E-state index in [1.807, 2.05) is 4.90 Å². The van der Waals surface area contributed by atoms with Crippen LogP contribution in [0.15, 0.2) is 48.8 Å². The van der Waals surface area contributed by atoms with Crippen LogP contribution in [0, 0.1) is 11.6 Å². The van der Waals surface area contributed by atoms with E-state index in [0.717, 1.165) is 26.2 Å². The van der Waals surface area contributed by atoms with Gasteiger partial charge in [0.15, 0.2) is 0 Å². The number of hydrogen-bond acceptors (Lipinski definition) is 7. The molecule has 2 aromatic rings. The number of halogens is 2. The van der Waals surface area contributed by atoms with Gasteiger partial charge in [-0.15, -0.1) is 5.53 Å². The fraction of sp³-hybridized carbons (Fsp3) is 0.318. The first-order valence-electron chi connectivity index (χ1n) is 10.6. The molecule has 8 nitrogen and oxygen atoms in total. The number of ether oxygens (including phenoxy) is 1. The Labute approximate surface area is 184 Å². The molecule has 2 saturated heterocycles. The van der Waals surface area contributed by atoms with E-state index in [1.54, 1.807) is 46.7 Å². The molecule has 3 heterocycles. The third-order valence-corrected chi connectivity index (χ3v) is 5.73. The van der Waals surface area contributed by atoms with Crippen molar-refractivity contribution >= 4 is 17.5 Å². The molecule has 0 unspecified atom stereocenters. The lowest BCUT2D eigenvalue weighted by Crippen LogP contribution is -2.43. The van der Waals surface area contributed by atoms with Crippen LogP contribution in [-0.4, -0.2) is 56.5 Å². The predicted octanol–water partition coefficient (Wildman–Crippen LogP) is 2.16. The zero-order chi connectivity index (χ0) is 22.1. The normalized spacial score (nSPS) is 20.6. The van der Waals surface area contributed by atoms with Crippen LogP contribution < -0.4 is 26.1 Å². The van der Waals surface area contributed by atoms with Crippen molar-refractivity contribution < 1.29 is 18.3 Å².